The minimum atomic E-state index is -1.52. The van der Waals surface area contributed by atoms with E-state index < -0.39 is 35.5 Å². The molecule has 3 rings (SSSR count). The molecule has 1 saturated heterocycles. The number of amides is 5. The molecule has 1 aliphatic heterocycles. The first-order chi connectivity index (χ1) is 13.9. The number of carbonyl (C=O) groups excluding carboxylic acids is 4. The van der Waals surface area contributed by atoms with E-state index in [1.807, 2.05) is 5.32 Å². The van der Waals surface area contributed by atoms with Gasteiger partial charge in [0.2, 0.25) is 5.91 Å². The highest BCUT2D eigenvalue weighted by molar-refractivity contribution is 6.32. The summed E-state index contributed by atoms with van der Waals surface area (Å²) in [7, 11) is 1.49. The van der Waals surface area contributed by atoms with Gasteiger partial charge in [0.15, 0.2) is 5.92 Å². The van der Waals surface area contributed by atoms with Crippen molar-refractivity contribution in [3.8, 4) is 5.75 Å². The zero-order chi connectivity index (χ0) is 21.0. The first kappa shape index (κ1) is 19.7. The van der Waals surface area contributed by atoms with Crippen molar-refractivity contribution in [2.45, 2.75) is 0 Å². The first-order valence-electron chi connectivity index (χ1n) is 8.33. The molecule has 1 heterocycles. The Kier molecular flexibility index (Phi) is 5.63. The summed E-state index contributed by atoms with van der Waals surface area (Å²) in [5, 5.41) is 5.58. The molecule has 0 unspecified atom stereocenters. The first-order valence-corrected chi connectivity index (χ1v) is 8.33. The number of hydrogen-bond donors (Lipinski definition) is 2. The standard InChI is InChI=1S/C19H15FN4O5/c1-29-12-8-6-11(7-9-12)16(25)23-21-10-13-17(26)22-19(28)24(18(13)27)15-5-3-2-4-14(15)20/h2-10,13H,1H3,(H,23,25)(H,22,26,28)/b21-10-/t13-/m1/s1. The predicted octanol–water partition coefficient (Wildman–Crippen LogP) is 1.45. The summed E-state index contributed by atoms with van der Waals surface area (Å²) in [5.41, 5.74) is 2.15. The Morgan fingerprint density at radius 1 is 1.17 bits per heavy atom. The molecule has 9 nitrogen and oxygen atoms in total. The second-order valence-corrected chi connectivity index (χ2v) is 5.84. The van der Waals surface area contributed by atoms with Gasteiger partial charge in [-0.2, -0.15) is 5.10 Å². The van der Waals surface area contributed by atoms with Crippen molar-refractivity contribution in [2.24, 2.45) is 11.0 Å². The number of nitrogens with one attached hydrogen (secondary N) is 2. The van der Waals surface area contributed by atoms with Gasteiger partial charge in [-0.1, -0.05) is 12.1 Å². The lowest BCUT2D eigenvalue weighted by molar-refractivity contribution is -0.131. The third-order valence-corrected chi connectivity index (χ3v) is 4.04. The molecule has 10 heteroatoms. The number of nitrogens with zero attached hydrogens (tertiary/aromatic N) is 2. The number of ether oxygens (including phenoxy) is 1. The molecule has 2 aromatic rings. The molecule has 0 bridgehead atoms. The number of rotatable bonds is 5. The van der Waals surface area contributed by atoms with Crippen LogP contribution in [0.5, 0.6) is 5.75 Å². The molecule has 148 valence electrons. The Hall–Kier alpha value is -4.08. The van der Waals surface area contributed by atoms with E-state index in [1.54, 1.807) is 12.1 Å². The van der Waals surface area contributed by atoms with E-state index in [0.29, 0.717) is 10.6 Å². The van der Waals surface area contributed by atoms with Crippen LogP contribution < -0.4 is 20.4 Å². The van der Waals surface area contributed by atoms with Crippen molar-refractivity contribution in [2.75, 3.05) is 12.0 Å². The highest BCUT2D eigenvalue weighted by Crippen LogP contribution is 2.23. The Balaban J connectivity index is 1.74. The topological polar surface area (TPSA) is 117 Å². The molecule has 0 aromatic heterocycles. The summed E-state index contributed by atoms with van der Waals surface area (Å²) in [4.78, 5) is 49.2. The number of benzene rings is 2. The van der Waals surface area contributed by atoms with Gasteiger partial charge >= 0.3 is 6.03 Å². The Labute approximate surface area is 164 Å². The van der Waals surface area contributed by atoms with Crippen LogP contribution in [0.25, 0.3) is 0 Å². The lowest BCUT2D eigenvalue weighted by atomic mass is 10.1. The number of barbiturate groups is 1. The van der Waals surface area contributed by atoms with Gasteiger partial charge in [-0.25, -0.2) is 19.5 Å². The molecular weight excluding hydrogens is 383 g/mol. The second-order valence-electron chi connectivity index (χ2n) is 5.84. The SMILES string of the molecule is COc1ccc(C(=O)N/N=C\[C@@H]2C(=O)NC(=O)N(c3ccccc3F)C2=O)cc1. The van der Waals surface area contributed by atoms with Crippen molar-refractivity contribution < 1.29 is 28.3 Å². The average molecular weight is 398 g/mol. The molecule has 0 radical (unpaired) electrons. The van der Waals surface area contributed by atoms with Gasteiger partial charge in [0.05, 0.1) is 12.8 Å². The molecule has 2 aromatic carbocycles. The maximum absolute atomic E-state index is 14.0. The van der Waals surface area contributed by atoms with Gasteiger partial charge in [0.25, 0.3) is 11.8 Å². The van der Waals surface area contributed by atoms with E-state index in [1.165, 1.54) is 37.4 Å². The van der Waals surface area contributed by atoms with Crippen LogP contribution in [0, 0.1) is 11.7 Å². The molecule has 0 saturated carbocycles. The van der Waals surface area contributed by atoms with Crippen LogP contribution in [0.15, 0.2) is 53.6 Å². The van der Waals surface area contributed by atoms with Crippen LogP contribution in [0.1, 0.15) is 10.4 Å². The summed E-state index contributed by atoms with van der Waals surface area (Å²) in [6, 6.07) is 10.2. The molecular formula is C19H15FN4O5. The van der Waals surface area contributed by atoms with Gasteiger partial charge in [0, 0.05) is 11.8 Å². The predicted molar refractivity (Wildman–Crippen MR) is 99.9 cm³/mol. The number of anilines is 1. The van der Waals surface area contributed by atoms with Crippen LogP contribution in [-0.2, 0) is 9.59 Å². The van der Waals surface area contributed by atoms with Crippen LogP contribution >= 0.6 is 0 Å². The van der Waals surface area contributed by atoms with Crippen molar-refractivity contribution in [3.05, 3.63) is 59.9 Å². The fourth-order valence-electron chi connectivity index (χ4n) is 2.56. The van der Waals surface area contributed by atoms with E-state index >= 15 is 0 Å². The van der Waals surface area contributed by atoms with Gasteiger partial charge in [-0.05, 0) is 36.4 Å². The van der Waals surface area contributed by atoms with Gasteiger partial charge in [0.1, 0.15) is 11.6 Å². The van der Waals surface area contributed by atoms with Gasteiger partial charge in [-0.15, -0.1) is 0 Å². The zero-order valence-corrected chi connectivity index (χ0v) is 15.1. The molecule has 1 atom stereocenters. The van der Waals surface area contributed by atoms with Gasteiger partial charge in [-0.3, -0.25) is 19.7 Å². The molecule has 1 fully saturated rings. The maximum Gasteiger partial charge on any atom is 0.335 e. The van der Waals surface area contributed by atoms with Crippen LogP contribution in [0.3, 0.4) is 0 Å². The van der Waals surface area contributed by atoms with Crippen molar-refractivity contribution in [3.63, 3.8) is 0 Å². The second kappa shape index (κ2) is 8.30. The average Bonchev–Trinajstić information content (AvgIpc) is 2.71. The third kappa shape index (κ3) is 4.10. The lowest BCUT2D eigenvalue weighted by Gasteiger charge is -2.28. The summed E-state index contributed by atoms with van der Waals surface area (Å²) < 4.78 is 19.0. The summed E-state index contributed by atoms with van der Waals surface area (Å²) in [6.45, 7) is 0. The smallest absolute Gasteiger partial charge is 0.335 e. The Morgan fingerprint density at radius 2 is 1.86 bits per heavy atom. The van der Waals surface area contributed by atoms with Gasteiger partial charge < -0.3 is 4.74 Å². The molecule has 5 amide bonds. The summed E-state index contributed by atoms with van der Waals surface area (Å²) >= 11 is 0. The van der Waals surface area contributed by atoms with Crippen molar-refractivity contribution >= 4 is 35.7 Å². The number of halogens is 1. The zero-order valence-electron chi connectivity index (χ0n) is 15.1. The summed E-state index contributed by atoms with van der Waals surface area (Å²) in [5.74, 6) is -4.29. The summed E-state index contributed by atoms with van der Waals surface area (Å²) in [6.07, 6.45) is 0.874. The monoisotopic (exact) mass is 398 g/mol. The van der Waals surface area contributed by atoms with Crippen LogP contribution in [0.4, 0.5) is 14.9 Å². The van der Waals surface area contributed by atoms with Crippen molar-refractivity contribution in [1.82, 2.24) is 10.7 Å². The highest BCUT2D eigenvalue weighted by Gasteiger charge is 2.41. The van der Waals surface area contributed by atoms with Crippen LogP contribution in [0.2, 0.25) is 0 Å². The number of hydrazone groups is 1. The number of para-hydroxylation sites is 1. The maximum atomic E-state index is 14.0. The normalized spacial score (nSPS) is 16.7. The number of methoxy groups -OCH3 is 1. The fraction of sp³-hybridized carbons (Fsp3) is 0.105. The fourth-order valence-corrected chi connectivity index (χ4v) is 2.56. The number of imide groups is 2. The number of carbonyl (C=O) groups is 4. The van der Waals surface area contributed by atoms with Crippen molar-refractivity contribution in [1.29, 1.82) is 0 Å². The lowest BCUT2D eigenvalue weighted by Crippen LogP contribution is -2.59. The minimum absolute atomic E-state index is 0.269. The number of urea groups is 1. The minimum Gasteiger partial charge on any atom is -0.497 e. The van der Waals surface area contributed by atoms with E-state index in [-0.39, 0.29) is 11.3 Å². The quantitative estimate of drug-likeness (QED) is 0.449. The van der Waals surface area contributed by atoms with E-state index in [0.717, 1.165) is 12.3 Å². The van der Waals surface area contributed by atoms with E-state index in [9.17, 15) is 23.6 Å². The Bertz CT molecular complexity index is 1010. The largest absolute Gasteiger partial charge is 0.497 e. The third-order valence-electron chi connectivity index (χ3n) is 4.04. The number of hydrogen-bond acceptors (Lipinski definition) is 6. The Morgan fingerprint density at radius 3 is 2.52 bits per heavy atom. The highest BCUT2D eigenvalue weighted by atomic mass is 19.1. The van der Waals surface area contributed by atoms with E-state index in [4.69, 9.17) is 4.74 Å². The molecule has 29 heavy (non-hydrogen) atoms. The molecule has 2 N–H and O–H groups in total. The molecule has 0 aliphatic carbocycles. The molecule has 1 aliphatic rings. The van der Waals surface area contributed by atoms with Crippen LogP contribution in [-0.4, -0.2) is 37.1 Å². The van der Waals surface area contributed by atoms with E-state index in [2.05, 4.69) is 10.5 Å². The molecule has 0 spiro atoms.